The minimum Gasteiger partial charge on any atom is -0.493 e. The molecule has 0 spiro atoms. The molecular formula is C43H45N7O5. The van der Waals surface area contributed by atoms with Gasteiger partial charge in [-0.05, 0) is 91.8 Å². The third kappa shape index (κ3) is 8.38. The molecule has 0 radical (unpaired) electrons. The molecule has 7 rings (SSSR count). The first-order valence-electron chi connectivity index (χ1n) is 18.6. The van der Waals surface area contributed by atoms with Crippen LogP contribution < -0.4 is 21.1 Å². The second kappa shape index (κ2) is 15.9. The number of nitrogens with zero attached hydrogens (tertiary/aromatic N) is 4. The van der Waals surface area contributed by atoms with Crippen LogP contribution in [0.15, 0.2) is 90.2 Å². The molecule has 12 nitrogen and oxygen atoms in total. The molecule has 2 aliphatic heterocycles. The van der Waals surface area contributed by atoms with Gasteiger partial charge in [-0.15, -0.1) is 0 Å². The minimum atomic E-state index is -0.231. The highest BCUT2D eigenvalue weighted by Crippen LogP contribution is 2.34. The van der Waals surface area contributed by atoms with Crippen LogP contribution in [-0.4, -0.2) is 62.9 Å². The molecule has 1 fully saturated rings. The fourth-order valence-corrected chi connectivity index (χ4v) is 7.15. The average Bonchev–Trinajstić information content (AvgIpc) is 3.71. The summed E-state index contributed by atoms with van der Waals surface area (Å²) in [6.45, 7) is 2.98. The number of amides is 3. The Bertz CT molecular complexity index is 2280. The van der Waals surface area contributed by atoms with E-state index in [1.165, 1.54) is 0 Å². The van der Waals surface area contributed by atoms with Crippen LogP contribution in [0.4, 0.5) is 22.7 Å². The van der Waals surface area contributed by atoms with Gasteiger partial charge in [0.25, 0.3) is 11.8 Å². The smallest absolute Gasteiger partial charge is 0.272 e. The van der Waals surface area contributed by atoms with Crippen molar-refractivity contribution in [1.29, 1.82) is 0 Å². The van der Waals surface area contributed by atoms with Crippen molar-refractivity contribution in [2.75, 3.05) is 29.5 Å². The van der Waals surface area contributed by atoms with Gasteiger partial charge in [0, 0.05) is 75.1 Å². The lowest BCUT2D eigenvalue weighted by Crippen LogP contribution is -2.43. The molecule has 0 saturated carbocycles. The number of ketones is 1. The molecule has 12 heteroatoms. The molecule has 0 unspecified atom stereocenters. The van der Waals surface area contributed by atoms with Crippen molar-refractivity contribution in [1.82, 2.24) is 14.0 Å². The van der Waals surface area contributed by atoms with Gasteiger partial charge in [0.2, 0.25) is 5.91 Å². The van der Waals surface area contributed by atoms with Crippen molar-refractivity contribution in [3.05, 3.63) is 113 Å². The van der Waals surface area contributed by atoms with Crippen LogP contribution in [0.3, 0.4) is 0 Å². The van der Waals surface area contributed by atoms with Crippen molar-refractivity contribution < 1.29 is 23.9 Å². The number of nitrogens with two attached hydrogens (primary N) is 1. The van der Waals surface area contributed by atoms with Gasteiger partial charge >= 0.3 is 0 Å². The predicted octanol–water partition coefficient (Wildman–Crippen LogP) is 7.11. The molecule has 1 saturated heterocycles. The van der Waals surface area contributed by atoms with E-state index >= 15 is 0 Å². The summed E-state index contributed by atoms with van der Waals surface area (Å²) in [4.78, 5) is 58.8. The quantitative estimate of drug-likeness (QED) is 0.0705. The molecule has 1 atom stereocenters. The Morgan fingerprint density at radius 2 is 1.64 bits per heavy atom. The van der Waals surface area contributed by atoms with Crippen LogP contribution in [0, 0.1) is 6.92 Å². The monoisotopic (exact) mass is 739 g/mol. The van der Waals surface area contributed by atoms with Crippen LogP contribution in [0.2, 0.25) is 0 Å². The number of carbonyl (C=O) groups is 4. The van der Waals surface area contributed by atoms with Crippen LogP contribution in [0.25, 0.3) is 11.1 Å². The lowest BCUT2D eigenvalue weighted by Gasteiger charge is -2.32. The Morgan fingerprint density at radius 1 is 0.873 bits per heavy atom. The predicted molar refractivity (Wildman–Crippen MR) is 214 cm³/mol. The summed E-state index contributed by atoms with van der Waals surface area (Å²) >= 11 is 0. The first-order valence-corrected chi connectivity index (χ1v) is 18.6. The lowest BCUT2D eigenvalue weighted by molar-refractivity contribution is -0.116. The number of rotatable bonds is 12. The fourth-order valence-electron chi connectivity index (χ4n) is 7.15. The van der Waals surface area contributed by atoms with E-state index in [0.29, 0.717) is 58.5 Å². The summed E-state index contributed by atoms with van der Waals surface area (Å²) in [7, 11) is 3.60. The number of aryl methyl sites for hydroxylation is 3. The molecule has 4 heterocycles. The SMILES string of the molecule is Cc1cc2c(cc1OCCCC(=O)Nc1cc(C(=O)Cc3ccc(-c4cc(C(=O)Nc5ccc(N)cc5)n(C)c4)cc3)n(C)c1)N=C[C@@H]1CCCCN1C2=O. The molecule has 3 amide bonds. The van der Waals surface area contributed by atoms with Gasteiger partial charge in [0.1, 0.15) is 11.4 Å². The van der Waals surface area contributed by atoms with Crippen molar-refractivity contribution in [3.8, 4) is 16.9 Å². The van der Waals surface area contributed by atoms with E-state index in [1.807, 2.05) is 73.7 Å². The highest BCUT2D eigenvalue weighted by Gasteiger charge is 2.30. The molecule has 2 aliphatic rings. The number of piperidine rings is 1. The highest BCUT2D eigenvalue weighted by atomic mass is 16.5. The molecule has 0 aliphatic carbocycles. The number of aliphatic imine (C=N–C) groups is 1. The van der Waals surface area contributed by atoms with Crippen LogP contribution in [-0.2, 0) is 25.3 Å². The van der Waals surface area contributed by atoms with Gasteiger partial charge in [0.05, 0.1) is 35.3 Å². The molecule has 3 aromatic carbocycles. The largest absolute Gasteiger partial charge is 0.493 e. The summed E-state index contributed by atoms with van der Waals surface area (Å²) in [6, 6.07) is 21.9. The Balaban J connectivity index is 0.891. The van der Waals surface area contributed by atoms with Gasteiger partial charge in [-0.2, -0.15) is 0 Å². The first-order chi connectivity index (χ1) is 26.5. The number of carbonyl (C=O) groups excluding carboxylic acids is 4. The van der Waals surface area contributed by atoms with Gasteiger partial charge in [-0.1, -0.05) is 24.3 Å². The Hall–Kier alpha value is -6.43. The number of nitrogen functional groups attached to an aromatic ring is 1. The maximum atomic E-state index is 13.3. The number of aromatic nitrogens is 2. The summed E-state index contributed by atoms with van der Waals surface area (Å²) in [5.41, 5.74) is 13.3. The Labute approximate surface area is 320 Å². The molecular weight excluding hydrogens is 695 g/mol. The topological polar surface area (TPSA) is 153 Å². The number of anilines is 3. The Kier molecular flexibility index (Phi) is 10.7. The second-order valence-electron chi connectivity index (χ2n) is 14.3. The van der Waals surface area contributed by atoms with Crippen LogP contribution >= 0.6 is 0 Å². The normalized spacial score (nSPS) is 14.9. The third-order valence-corrected chi connectivity index (χ3v) is 10.2. The lowest BCUT2D eigenvalue weighted by atomic mass is 10.0. The summed E-state index contributed by atoms with van der Waals surface area (Å²) in [6.07, 6.45) is 9.43. The van der Waals surface area contributed by atoms with Gasteiger partial charge in [-0.25, -0.2) is 0 Å². The molecule has 2 aromatic heterocycles. The van der Waals surface area contributed by atoms with Gasteiger partial charge in [0.15, 0.2) is 5.78 Å². The van der Waals surface area contributed by atoms with E-state index in [9.17, 15) is 19.2 Å². The molecule has 0 bridgehead atoms. The van der Waals surface area contributed by atoms with Crippen molar-refractivity contribution >= 4 is 52.5 Å². The standard InChI is InChI=1S/C43H45N7O5/c1-27-19-35-36(45-24-34-7-4-5-17-50(34)43(35)54)23-40(27)55-18-6-8-41(52)46-33-22-37(49(3)26-33)39(51)20-28-9-11-29(12-10-28)30-21-38(48(2)25-30)42(53)47-32-15-13-31(44)14-16-32/h9-16,19,21-26,34H,4-8,17-18,20,44H2,1-3H3,(H,46,52)(H,47,53)/t34-/m0/s1. The van der Waals surface area contributed by atoms with E-state index in [1.54, 1.807) is 52.7 Å². The molecule has 55 heavy (non-hydrogen) atoms. The van der Waals surface area contributed by atoms with Crippen molar-refractivity contribution in [2.45, 2.75) is 51.5 Å². The number of nitrogens with one attached hydrogen (secondary N) is 2. The van der Waals surface area contributed by atoms with Gasteiger partial charge < -0.3 is 35.1 Å². The van der Waals surface area contributed by atoms with Crippen molar-refractivity contribution in [3.63, 3.8) is 0 Å². The van der Waals surface area contributed by atoms with E-state index in [2.05, 4.69) is 15.6 Å². The summed E-state index contributed by atoms with van der Waals surface area (Å²) in [5, 5.41) is 5.79. The molecule has 282 valence electrons. The summed E-state index contributed by atoms with van der Waals surface area (Å²) < 4.78 is 9.53. The van der Waals surface area contributed by atoms with E-state index in [0.717, 1.165) is 48.1 Å². The number of Topliss-reactive ketones (excluding diaryl/α,β-unsaturated/α-hetero) is 1. The zero-order valence-corrected chi connectivity index (χ0v) is 31.3. The number of benzene rings is 3. The number of fused-ring (bicyclic) bond motifs is 2. The molecule has 4 N–H and O–H groups in total. The zero-order chi connectivity index (χ0) is 38.6. The summed E-state index contributed by atoms with van der Waals surface area (Å²) in [5.74, 6) is 0.173. The average molecular weight is 740 g/mol. The number of hydrogen-bond acceptors (Lipinski definition) is 7. The minimum absolute atomic E-state index is 0.0158. The van der Waals surface area contributed by atoms with Crippen LogP contribution in [0.1, 0.15) is 74.6 Å². The fraction of sp³-hybridized carbons (Fsp3) is 0.279. The maximum absolute atomic E-state index is 13.3. The highest BCUT2D eigenvalue weighted by molar-refractivity contribution is 6.04. The van der Waals surface area contributed by atoms with Gasteiger partial charge in [-0.3, -0.25) is 24.2 Å². The number of hydrogen-bond donors (Lipinski definition) is 3. The van der Waals surface area contributed by atoms with E-state index in [-0.39, 0.29) is 42.4 Å². The second-order valence-corrected chi connectivity index (χ2v) is 14.3. The van der Waals surface area contributed by atoms with Crippen molar-refractivity contribution in [2.24, 2.45) is 19.1 Å². The first kappa shape index (κ1) is 36.9. The maximum Gasteiger partial charge on any atom is 0.272 e. The third-order valence-electron chi connectivity index (χ3n) is 10.2. The van der Waals surface area contributed by atoms with E-state index in [4.69, 9.17) is 10.5 Å². The van der Waals surface area contributed by atoms with E-state index < -0.39 is 0 Å². The van der Waals surface area contributed by atoms with Crippen LogP contribution in [0.5, 0.6) is 5.75 Å². The molecule has 5 aromatic rings. The zero-order valence-electron chi connectivity index (χ0n) is 31.3. The number of ether oxygens (including phenoxy) is 1. The Morgan fingerprint density at radius 3 is 2.42 bits per heavy atom.